The topological polar surface area (TPSA) is 156 Å². The molecule has 0 amide bonds. The van der Waals surface area contributed by atoms with Gasteiger partial charge in [-0.25, -0.2) is 4.98 Å². The molecule has 2 aromatic heterocycles. The van der Waals surface area contributed by atoms with Gasteiger partial charge >= 0.3 is 0 Å². The van der Waals surface area contributed by atoms with Gasteiger partial charge in [0.1, 0.15) is 6.33 Å². The van der Waals surface area contributed by atoms with Crippen LogP contribution in [0.25, 0.3) is 11.2 Å². The number of nitrogens with one attached hydrogen (secondary N) is 1. The molecular weight excluding hydrogens is 282 g/mol. The number of nitrogens with zero attached hydrogens (tertiary/aromatic N) is 3. The fourth-order valence-corrected chi connectivity index (χ4v) is 1.96. The van der Waals surface area contributed by atoms with E-state index < -0.39 is 23.4 Å². The summed E-state index contributed by atoms with van der Waals surface area (Å²) in [7, 11) is 0. The van der Waals surface area contributed by atoms with Crippen LogP contribution in [0.2, 0.25) is 0 Å². The summed E-state index contributed by atoms with van der Waals surface area (Å²) in [5.74, 6) is -3.59. The highest BCUT2D eigenvalue weighted by atomic mass is 16.6. The van der Waals surface area contributed by atoms with Gasteiger partial charge in [0.25, 0.3) is 11.5 Å². The quantitative estimate of drug-likeness (QED) is 0.475. The second-order valence-corrected chi connectivity index (χ2v) is 4.37. The molecule has 0 saturated heterocycles. The molecular formula is C11H15N5O5. The molecule has 0 radical (unpaired) electrons. The highest BCUT2D eigenvalue weighted by Gasteiger charge is 2.42. The smallest absolute Gasteiger partial charge is 0.288 e. The second-order valence-electron chi connectivity index (χ2n) is 4.37. The van der Waals surface area contributed by atoms with Crippen molar-refractivity contribution in [3.63, 3.8) is 0 Å². The summed E-state index contributed by atoms with van der Waals surface area (Å²) in [4.78, 5) is 33.0. The molecule has 21 heavy (non-hydrogen) atoms. The SMILES string of the molecule is CCOC(C(C)=O)C(O)(O)n1cnc2c(=O)[nH]c(N)nc21. The van der Waals surface area contributed by atoms with Crippen LogP contribution in [0.5, 0.6) is 0 Å². The van der Waals surface area contributed by atoms with Gasteiger partial charge in [-0.05, 0) is 13.8 Å². The Hall–Kier alpha value is -2.30. The number of hydrogen-bond acceptors (Lipinski definition) is 8. The third-order valence-corrected chi connectivity index (χ3v) is 2.83. The van der Waals surface area contributed by atoms with Gasteiger partial charge in [-0.3, -0.25) is 19.1 Å². The Morgan fingerprint density at radius 1 is 1.62 bits per heavy atom. The first-order chi connectivity index (χ1) is 9.78. The molecule has 0 saturated carbocycles. The number of hydrogen-bond donors (Lipinski definition) is 4. The number of carbonyl (C=O) groups is 1. The van der Waals surface area contributed by atoms with Crippen LogP contribution in [0, 0.1) is 0 Å². The fourth-order valence-electron chi connectivity index (χ4n) is 1.96. The van der Waals surface area contributed by atoms with E-state index in [1.54, 1.807) is 6.92 Å². The predicted molar refractivity (Wildman–Crippen MR) is 71.1 cm³/mol. The molecule has 1 unspecified atom stereocenters. The third kappa shape index (κ3) is 2.51. The maximum Gasteiger partial charge on any atom is 0.288 e. The van der Waals surface area contributed by atoms with Crippen LogP contribution in [0.3, 0.4) is 0 Å². The maximum absolute atomic E-state index is 11.7. The number of nitrogen functional groups attached to an aromatic ring is 1. The standard InChI is InChI=1S/C11H15N5O5/c1-3-21-7(5(2)17)11(19,20)16-4-13-6-8(16)14-10(12)15-9(6)18/h4,7,19-20H,3H2,1-2H3,(H3,12,14,15,18). The summed E-state index contributed by atoms with van der Waals surface area (Å²) in [5.41, 5.74) is 4.47. The largest absolute Gasteiger partial charge is 0.369 e. The molecule has 10 heteroatoms. The summed E-state index contributed by atoms with van der Waals surface area (Å²) < 4.78 is 5.82. The average molecular weight is 297 g/mol. The summed E-state index contributed by atoms with van der Waals surface area (Å²) in [5, 5.41) is 20.5. The Morgan fingerprint density at radius 2 is 2.29 bits per heavy atom. The van der Waals surface area contributed by atoms with Crippen molar-refractivity contribution in [2.75, 3.05) is 12.3 Å². The molecule has 5 N–H and O–H groups in total. The van der Waals surface area contributed by atoms with E-state index in [4.69, 9.17) is 10.5 Å². The number of Topliss-reactive ketones (excluding diaryl/α,β-unsaturated/α-hetero) is 1. The van der Waals surface area contributed by atoms with Crippen molar-refractivity contribution in [2.24, 2.45) is 0 Å². The monoisotopic (exact) mass is 297 g/mol. The number of anilines is 1. The molecule has 2 heterocycles. The van der Waals surface area contributed by atoms with Crippen LogP contribution < -0.4 is 11.3 Å². The third-order valence-electron chi connectivity index (χ3n) is 2.83. The summed E-state index contributed by atoms with van der Waals surface area (Å²) >= 11 is 0. The lowest BCUT2D eigenvalue weighted by Gasteiger charge is -2.29. The lowest BCUT2D eigenvalue weighted by molar-refractivity contribution is -0.284. The first kappa shape index (κ1) is 15.1. The van der Waals surface area contributed by atoms with Crippen molar-refractivity contribution in [2.45, 2.75) is 25.9 Å². The summed E-state index contributed by atoms with van der Waals surface area (Å²) in [6.45, 7) is 2.82. The zero-order valence-corrected chi connectivity index (χ0v) is 11.4. The minimum atomic E-state index is -2.76. The molecule has 0 aliphatic rings. The highest BCUT2D eigenvalue weighted by Crippen LogP contribution is 2.22. The summed E-state index contributed by atoms with van der Waals surface area (Å²) in [6.07, 6.45) is -0.594. The molecule has 1 atom stereocenters. The van der Waals surface area contributed by atoms with Crippen LogP contribution >= 0.6 is 0 Å². The van der Waals surface area contributed by atoms with Crippen LogP contribution in [0.15, 0.2) is 11.1 Å². The molecule has 2 rings (SSSR count). The van der Waals surface area contributed by atoms with Gasteiger partial charge in [-0.15, -0.1) is 0 Å². The molecule has 10 nitrogen and oxygen atoms in total. The van der Waals surface area contributed by atoms with Crippen LogP contribution in [0.4, 0.5) is 5.95 Å². The normalized spacial score (nSPS) is 13.5. The molecule has 0 bridgehead atoms. The van der Waals surface area contributed by atoms with Gasteiger partial charge in [-0.2, -0.15) is 4.98 Å². The minimum absolute atomic E-state index is 0.0793. The van der Waals surface area contributed by atoms with Gasteiger partial charge in [-0.1, -0.05) is 0 Å². The number of imidazole rings is 1. The van der Waals surface area contributed by atoms with E-state index in [0.717, 1.165) is 17.8 Å². The van der Waals surface area contributed by atoms with E-state index in [9.17, 15) is 19.8 Å². The van der Waals surface area contributed by atoms with E-state index in [0.29, 0.717) is 0 Å². The van der Waals surface area contributed by atoms with Gasteiger partial charge in [0.05, 0.1) is 0 Å². The number of ether oxygens (including phenoxy) is 1. The van der Waals surface area contributed by atoms with Crippen molar-refractivity contribution < 1.29 is 19.7 Å². The van der Waals surface area contributed by atoms with Crippen LogP contribution in [-0.2, 0) is 15.4 Å². The van der Waals surface area contributed by atoms with Crippen molar-refractivity contribution in [1.82, 2.24) is 19.5 Å². The van der Waals surface area contributed by atoms with Crippen molar-refractivity contribution in [3.8, 4) is 0 Å². The van der Waals surface area contributed by atoms with E-state index in [2.05, 4.69) is 15.0 Å². The van der Waals surface area contributed by atoms with E-state index in [1.807, 2.05) is 0 Å². The lowest BCUT2D eigenvalue weighted by Crippen LogP contribution is -2.50. The fraction of sp³-hybridized carbons (Fsp3) is 0.455. The Morgan fingerprint density at radius 3 is 2.86 bits per heavy atom. The first-order valence-corrected chi connectivity index (χ1v) is 6.09. The number of fused-ring (bicyclic) bond motifs is 1. The number of ketones is 1. The molecule has 0 spiro atoms. The first-order valence-electron chi connectivity index (χ1n) is 6.09. The van der Waals surface area contributed by atoms with Gasteiger partial charge < -0.3 is 20.7 Å². The second kappa shape index (κ2) is 5.24. The molecule has 114 valence electrons. The van der Waals surface area contributed by atoms with Crippen molar-refractivity contribution >= 4 is 22.9 Å². The Kier molecular flexibility index (Phi) is 3.77. The highest BCUT2D eigenvalue weighted by molar-refractivity contribution is 5.81. The molecule has 0 aromatic carbocycles. The predicted octanol–water partition coefficient (Wildman–Crippen LogP) is -1.71. The molecule has 0 fully saturated rings. The summed E-state index contributed by atoms with van der Waals surface area (Å²) in [6, 6.07) is 0. The maximum atomic E-state index is 11.7. The number of aromatic nitrogens is 4. The number of aromatic amines is 1. The van der Waals surface area contributed by atoms with Crippen molar-refractivity contribution in [1.29, 1.82) is 0 Å². The number of H-pyrrole nitrogens is 1. The van der Waals surface area contributed by atoms with Crippen molar-refractivity contribution in [3.05, 3.63) is 16.7 Å². The molecule has 0 aliphatic carbocycles. The zero-order valence-electron chi connectivity index (χ0n) is 11.4. The number of nitrogens with two attached hydrogens (primary N) is 1. The number of carbonyl (C=O) groups excluding carboxylic acids is 1. The molecule has 0 aliphatic heterocycles. The molecule has 2 aromatic rings. The van der Waals surface area contributed by atoms with Gasteiger partial charge in [0.2, 0.25) is 5.95 Å². The minimum Gasteiger partial charge on any atom is -0.369 e. The lowest BCUT2D eigenvalue weighted by atomic mass is 10.2. The number of aliphatic hydroxyl groups is 2. The van der Waals surface area contributed by atoms with Crippen LogP contribution in [-0.4, -0.2) is 48.2 Å². The van der Waals surface area contributed by atoms with E-state index in [1.165, 1.54) is 0 Å². The average Bonchev–Trinajstić information content (AvgIpc) is 2.79. The Bertz CT molecular complexity index is 734. The Labute approximate surface area is 118 Å². The zero-order chi connectivity index (χ0) is 15.8. The van der Waals surface area contributed by atoms with Crippen LogP contribution in [0.1, 0.15) is 13.8 Å². The van der Waals surface area contributed by atoms with Gasteiger partial charge in [0.15, 0.2) is 23.1 Å². The van der Waals surface area contributed by atoms with E-state index >= 15 is 0 Å². The Balaban J connectivity index is 2.64. The van der Waals surface area contributed by atoms with Gasteiger partial charge in [0, 0.05) is 6.61 Å². The number of rotatable bonds is 5. The van der Waals surface area contributed by atoms with E-state index in [-0.39, 0.29) is 23.7 Å².